The maximum Gasteiger partial charge on any atom is 0.310 e. The second-order valence-electron chi connectivity index (χ2n) is 4.33. The lowest BCUT2D eigenvalue weighted by Crippen LogP contribution is -2.43. The van der Waals surface area contributed by atoms with Crippen molar-refractivity contribution in [2.75, 3.05) is 13.2 Å². The average Bonchev–Trinajstić information content (AvgIpc) is 2.44. The van der Waals surface area contributed by atoms with E-state index in [4.69, 9.17) is 4.74 Å². The highest BCUT2D eigenvalue weighted by atomic mass is 16.5. The highest BCUT2D eigenvalue weighted by Gasteiger charge is 2.31. The predicted molar refractivity (Wildman–Crippen MR) is 53.9 cm³/mol. The first-order valence-electron chi connectivity index (χ1n) is 5.78. The van der Waals surface area contributed by atoms with Gasteiger partial charge in [0.25, 0.3) is 0 Å². The monoisotopic (exact) mass is 197 g/mol. The van der Waals surface area contributed by atoms with Crippen LogP contribution < -0.4 is 5.32 Å². The Balaban J connectivity index is 1.95. The molecule has 0 amide bonds. The van der Waals surface area contributed by atoms with Crippen molar-refractivity contribution in [2.24, 2.45) is 5.92 Å². The number of nitrogens with one attached hydrogen (secondary N) is 1. The van der Waals surface area contributed by atoms with E-state index in [9.17, 15) is 4.79 Å². The fourth-order valence-corrected chi connectivity index (χ4v) is 2.45. The van der Waals surface area contributed by atoms with Crippen LogP contribution in [0.15, 0.2) is 0 Å². The molecule has 3 heteroatoms. The van der Waals surface area contributed by atoms with E-state index in [-0.39, 0.29) is 11.9 Å². The summed E-state index contributed by atoms with van der Waals surface area (Å²) in [6, 6.07) is 0.384. The third-order valence-electron chi connectivity index (χ3n) is 3.29. The van der Waals surface area contributed by atoms with E-state index in [1.54, 1.807) is 0 Å². The van der Waals surface area contributed by atoms with Crippen LogP contribution in [0.25, 0.3) is 0 Å². The van der Waals surface area contributed by atoms with Crippen LogP contribution in [0.2, 0.25) is 0 Å². The molecule has 80 valence electrons. The molecule has 2 saturated heterocycles. The first-order chi connectivity index (χ1) is 6.88. The Morgan fingerprint density at radius 3 is 2.79 bits per heavy atom. The van der Waals surface area contributed by atoms with E-state index in [1.807, 2.05) is 0 Å². The minimum atomic E-state index is 0.0295. The lowest BCUT2D eigenvalue weighted by Gasteiger charge is -2.28. The number of carbonyl (C=O) groups excluding carboxylic acids is 1. The third kappa shape index (κ3) is 2.27. The molecule has 1 N–H and O–H groups in total. The van der Waals surface area contributed by atoms with Crippen LogP contribution in [0, 0.1) is 5.92 Å². The van der Waals surface area contributed by atoms with Gasteiger partial charge in [-0.1, -0.05) is 6.42 Å². The number of hydrogen-bond acceptors (Lipinski definition) is 3. The largest absolute Gasteiger partial charge is 0.465 e. The molecule has 0 spiro atoms. The molecule has 2 atom stereocenters. The van der Waals surface area contributed by atoms with Crippen LogP contribution in [-0.2, 0) is 9.53 Å². The van der Waals surface area contributed by atoms with Gasteiger partial charge in [0.05, 0.1) is 12.5 Å². The van der Waals surface area contributed by atoms with Gasteiger partial charge in [-0.05, 0) is 38.6 Å². The van der Waals surface area contributed by atoms with Gasteiger partial charge in [-0.3, -0.25) is 4.79 Å². The zero-order valence-electron chi connectivity index (χ0n) is 8.63. The molecule has 2 fully saturated rings. The molecule has 0 aromatic carbocycles. The van der Waals surface area contributed by atoms with Crippen molar-refractivity contribution < 1.29 is 9.53 Å². The van der Waals surface area contributed by atoms with E-state index in [2.05, 4.69) is 5.32 Å². The molecule has 0 saturated carbocycles. The molecule has 0 bridgehead atoms. The van der Waals surface area contributed by atoms with Crippen LogP contribution >= 0.6 is 0 Å². The van der Waals surface area contributed by atoms with Gasteiger partial charge in [0.15, 0.2) is 0 Å². The highest BCUT2D eigenvalue weighted by Crippen LogP contribution is 2.23. The van der Waals surface area contributed by atoms with Crippen molar-refractivity contribution in [3.8, 4) is 0 Å². The normalized spacial score (nSPS) is 34.7. The summed E-state index contributed by atoms with van der Waals surface area (Å²) in [4.78, 5) is 11.7. The van der Waals surface area contributed by atoms with Gasteiger partial charge in [0, 0.05) is 6.04 Å². The predicted octanol–water partition coefficient (Wildman–Crippen LogP) is 1.47. The number of esters is 1. The van der Waals surface area contributed by atoms with Crippen LogP contribution in [0.5, 0.6) is 0 Å². The summed E-state index contributed by atoms with van der Waals surface area (Å²) < 4.78 is 5.19. The minimum Gasteiger partial charge on any atom is -0.465 e. The summed E-state index contributed by atoms with van der Waals surface area (Å²) in [6.45, 7) is 1.69. The molecule has 0 aliphatic carbocycles. The smallest absolute Gasteiger partial charge is 0.310 e. The Morgan fingerprint density at radius 2 is 2.00 bits per heavy atom. The summed E-state index contributed by atoms with van der Waals surface area (Å²) in [5.74, 6) is 0.153. The molecule has 0 radical (unpaired) electrons. The minimum absolute atomic E-state index is 0.0295. The van der Waals surface area contributed by atoms with Crippen LogP contribution in [-0.4, -0.2) is 25.2 Å². The lowest BCUT2D eigenvalue weighted by atomic mass is 9.89. The van der Waals surface area contributed by atoms with Gasteiger partial charge in [0.2, 0.25) is 0 Å². The van der Waals surface area contributed by atoms with Crippen molar-refractivity contribution in [3.63, 3.8) is 0 Å². The van der Waals surface area contributed by atoms with Crippen LogP contribution in [0.4, 0.5) is 0 Å². The van der Waals surface area contributed by atoms with E-state index in [0.29, 0.717) is 12.6 Å². The zero-order chi connectivity index (χ0) is 9.80. The fourth-order valence-electron chi connectivity index (χ4n) is 2.45. The van der Waals surface area contributed by atoms with E-state index in [0.717, 1.165) is 32.2 Å². The molecule has 2 aliphatic heterocycles. The molecule has 0 unspecified atom stereocenters. The van der Waals surface area contributed by atoms with Gasteiger partial charge in [-0.25, -0.2) is 0 Å². The third-order valence-corrected chi connectivity index (χ3v) is 3.29. The Morgan fingerprint density at radius 1 is 1.14 bits per heavy atom. The van der Waals surface area contributed by atoms with E-state index >= 15 is 0 Å². The maximum atomic E-state index is 11.7. The molecule has 2 aliphatic rings. The Bertz CT molecular complexity index is 199. The molecule has 2 heterocycles. The van der Waals surface area contributed by atoms with Crippen molar-refractivity contribution in [2.45, 2.75) is 44.6 Å². The standard InChI is InChI=1S/C11H19NO2/c13-11-9(5-2-4-8-14-11)10-6-1-3-7-12-10/h9-10,12H,1-8H2/t9-,10+/m0/s1. The topological polar surface area (TPSA) is 38.3 Å². The first-order valence-corrected chi connectivity index (χ1v) is 5.78. The van der Waals surface area contributed by atoms with Crippen molar-refractivity contribution >= 4 is 5.97 Å². The number of piperidine rings is 1. The molecule has 2 rings (SSSR count). The van der Waals surface area contributed by atoms with E-state index < -0.39 is 0 Å². The molecule has 0 aromatic heterocycles. The maximum absolute atomic E-state index is 11.7. The second kappa shape index (κ2) is 4.78. The van der Waals surface area contributed by atoms with Gasteiger partial charge in [0.1, 0.15) is 0 Å². The molecular formula is C11H19NO2. The summed E-state index contributed by atoms with van der Waals surface area (Å²) in [6.07, 6.45) is 6.82. The summed E-state index contributed by atoms with van der Waals surface area (Å²) in [5, 5.41) is 3.45. The summed E-state index contributed by atoms with van der Waals surface area (Å²) >= 11 is 0. The Labute approximate surface area is 85.2 Å². The van der Waals surface area contributed by atoms with Gasteiger partial charge in [-0.15, -0.1) is 0 Å². The Hall–Kier alpha value is -0.570. The SMILES string of the molecule is O=C1OCCCC[C@H]1[C@H]1CCCCN1. The van der Waals surface area contributed by atoms with Crippen LogP contribution in [0.1, 0.15) is 38.5 Å². The molecule has 14 heavy (non-hydrogen) atoms. The molecule has 0 aromatic rings. The molecular weight excluding hydrogens is 178 g/mol. The summed E-state index contributed by atoms with van der Waals surface area (Å²) in [7, 11) is 0. The number of cyclic esters (lactones) is 1. The summed E-state index contributed by atoms with van der Waals surface area (Å²) in [5.41, 5.74) is 0. The second-order valence-corrected chi connectivity index (χ2v) is 4.33. The van der Waals surface area contributed by atoms with Gasteiger partial charge < -0.3 is 10.1 Å². The average molecular weight is 197 g/mol. The van der Waals surface area contributed by atoms with Gasteiger partial charge in [-0.2, -0.15) is 0 Å². The number of ether oxygens (including phenoxy) is 1. The number of carbonyl (C=O) groups is 1. The first kappa shape index (κ1) is 9.97. The van der Waals surface area contributed by atoms with Gasteiger partial charge >= 0.3 is 5.97 Å². The zero-order valence-corrected chi connectivity index (χ0v) is 8.63. The lowest BCUT2D eigenvalue weighted by molar-refractivity contribution is -0.148. The quantitative estimate of drug-likeness (QED) is 0.647. The number of hydrogen-bond donors (Lipinski definition) is 1. The van der Waals surface area contributed by atoms with E-state index in [1.165, 1.54) is 12.8 Å². The van der Waals surface area contributed by atoms with Crippen molar-refractivity contribution in [1.82, 2.24) is 5.32 Å². The number of rotatable bonds is 1. The molecule has 3 nitrogen and oxygen atoms in total. The fraction of sp³-hybridized carbons (Fsp3) is 0.909. The van der Waals surface area contributed by atoms with Crippen molar-refractivity contribution in [3.05, 3.63) is 0 Å². The Kier molecular flexibility index (Phi) is 3.40. The highest BCUT2D eigenvalue weighted by molar-refractivity contribution is 5.73. The van der Waals surface area contributed by atoms with Crippen molar-refractivity contribution in [1.29, 1.82) is 0 Å². The van der Waals surface area contributed by atoms with Crippen LogP contribution in [0.3, 0.4) is 0 Å².